The second kappa shape index (κ2) is 21.0. The number of cyclic esters (lactones) is 1. The number of methoxy groups -OCH3 is 1. The van der Waals surface area contributed by atoms with E-state index >= 15 is 0 Å². The van der Waals surface area contributed by atoms with Crippen LogP contribution in [0.1, 0.15) is 80.2 Å². The third-order valence-electron chi connectivity index (χ3n) is 12.4. The number of ketones is 2. The molecule has 1 amide bonds. The largest absolute Gasteiger partial charge is 0.458 e. The van der Waals surface area contributed by atoms with Gasteiger partial charge in [-0.2, -0.15) is 3.89 Å². The number of rotatable bonds is 9. The molecular formula is C44H65FN4O10S. The van der Waals surface area contributed by atoms with Crippen molar-refractivity contribution in [2.75, 3.05) is 34.0 Å². The lowest BCUT2D eigenvalue weighted by molar-refractivity contribution is -0.295. The third-order valence-corrected chi connectivity index (χ3v) is 12.4. The fourth-order valence-corrected chi connectivity index (χ4v) is 9.13. The third kappa shape index (κ3) is 10.6. The average molecular weight is 861 g/mol. The molecule has 5 rings (SSSR count). The molecule has 13 atom stereocenters. The molecule has 2 aromatic rings. The van der Waals surface area contributed by atoms with Gasteiger partial charge >= 0.3 is 12.1 Å². The Bertz CT molecular complexity index is 1830. The summed E-state index contributed by atoms with van der Waals surface area (Å²) in [5, 5.41) is 13.7. The number of hydrogen-bond donors (Lipinski definition) is 2. The number of hydrogen-bond acceptors (Lipinski definition) is 14. The number of carbonyl (C=O) groups is 4. The van der Waals surface area contributed by atoms with Crippen LogP contribution in [0.4, 0.5) is 8.68 Å². The number of carbonyl (C=O) groups excluding carboxylic acids is 4. The minimum absolute atomic E-state index is 0.106. The van der Waals surface area contributed by atoms with Gasteiger partial charge in [0.25, 0.3) is 0 Å². The number of amides is 1. The van der Waals surface area contributed by atoms with Crippen LogP contribution in [0.2, 0.25) is 0 Å². The maximum Gasteiger partial charge on any atom is 0.425 e. The van der Waals surface area contributed by atoms with Gasteiger partial charge in [-0.25, -0.2) is 15.2 Å². The molecule has 2 N–H and O–H groups in total. The van der Waals surface area contributed by atoms with Crippen molar-refractivity contribution in [3.63, 3.8) is 0 Å². The van der Waals surface area contributed by atoms with E-state index in [1.807, 2.05) is 68.4 Å². The lowest BCUT2D eigenvalue weighted by atomic mass is 9.73. The highest BCUT2D eigenvalue weighted by molar-refractivity contribution is 7.93. The summed E-state index contributed by atoms with van der Waals surface area (Å²) < 4.78 is 41.3. The number of nitrogens with one attached hydrogen (secondary N) is 1. The summed E-state index contributed by atoms with van der Waals surface area (Å²) in [6, 6.07) is 8.49. The molecule has 3 unspecified atom stereocenters. The summed E-state index contributed by atoms with van der Waals surface area (Å²) in [5.41, 5.74) is 2.22. The number of benzene rings is 1. The molecule has 1 aromatic carbocycles. The van der Waals surface area contributed by atoms with Crippen LogP contribution < -0.4 is 5.43 Å². The maximum absolute atomic E-state index is 14.7. The van der Waals surface area contributed by atoms with Gasteiger partial charge in [-0.05, 0) is 78.7 Å². The zero-order valence-corrected chi connectivity index (χ0v) is 37.9. The number of aliphatic hydroxyl groups is 1. The lowest BCUT2D eigenvalue weighted by Crippen LogP contribution is -2.61. The number of hydrazine groups is 1. The monoisotopic (exact) mass is 860 g/mol. The van der Waals surface area contributed by atoms with Crippen LogP contribution in [0.3, 0.4) is 0 Å². The van der Waals surface area contributed by atoms with Gasteiger partial charge in [0.15, 0.2) is 17.7 Å². The second-order valence-electron chi connectivity index (χ2n) is 16.9. The summed E-state index contributed by atoms with van der Waals surface area (Å²) in [5.74, 6) is -5.17. The predicted octanol–water partition coefficient (Wildman–Crippen LogP) is 6.19. The van der Waals surface area contributed by atoms with Crippen molar-refractivity contribution in [2.24, 2.45) is 23.7 Å². The number of aromatic nitrogens is 1. The first-order chi connectivity index (χ1) is 28.3. The van der Waals surface area contributed by atoms with Crippen LogP contribution >= 0.6 is 12.1 Å². The van der Waals surface area contributed by atoms with Gasteiger partial charge < -0.3 is 33.7 Å². The van der Waals surface area contributed by atoms with E-state index in [4.69, 9.17) is 23.7 Å². The number of nitrogens with zero attached hydrogens (tertiary/aromatic N) is 3. The van der Waals surface area contributed by atoms with Crippen molar-refractivity contribution in [1.82, 2.24) is 20.3 Å². The van der Waals surface area contributed by atoms with Crippen LogP contribution in [-0.4, -0.2) is 132 Å². The minimum atomic E-state index is -1.48. The molecule has 16 heteroatoms. The Balaban J connectivity index is 0.00000257. The zero-order chi connectivity index (χ0) is 44.7. The molecule has 3 aliphatic heterocycles. The van der Waals surface area contributed by atoms with E-state index in [9.17, 15) is 28.2 Å². The van der Waals surface area contributed by atoms with Crippen molar-refractivity contribution in [2.45, 2.75) is 129 Å². The second-order valence-corrected chi connectivity index (χ2v) is 17.2. The Labute approximate surface area is 358 Å². The number of Topliss-reactive ketones (excluding diaryl/α,β-unsaturated/α-hetero) is 2. The number of para-hydroxylation sites is 1. The summed E-state index contributed by atoms with van der Waals surface area (Å²) >= 11 is 0.250. The summed E-state index contributed by atoms with van der Waals surface area (Å²) in [6.07, 6.45) is 2.58. The lowest BCUT2D eigenvalue weighted by Gasteiger charge is -2.47. The average Bonchev–Trinajstić information content (AvgIpc) is 3.48. The number of pyridine rings is 1. The molecule has 334 valence electrons. The van der Waals surface area contributed by atoms with Crippen LogP contribution in [0, 0.1) is 23.7 Å². The van der Waals surface area contributed by atoms with Gasteiger partial charge in [-0.15, -0.1) is 0 Å². The molecule has 1 aromatic heterocycles. The van der Waals surface area contributed by atoms with Crippen LogP contribution in [0.5, 0.6) is 0 Å². The fraction of sp³-hybridized carbons (Fsp3) is 0.659. The number of ether oxygens (including phenoxy) is 5. The van der Waals surface area contributed by atoms with E-state index < -0.39 is 83.4 Å². The minimum Gasteiger partial charge on any atom is -0.458 e. The van der Waals surface area contributed by atoms with Gasteiger partial charge in [0.05, 0.1) is 23.3 Å². The van der Waals surface area contributed by atoms with Gasteiger partial charge in [-0.3, -0.25) is 19.4 Å². The Hall–Kier alpha value is -3.51. The summed E-state index contributed by atoms with van der Waals surface area (Å²) in [7, 11) is 5.22. The quantitative estimate of drug-likeness (QED) is 0.217. The molecule has 4 heterocycles. The normalized spacial score (nSPS) is 35.8. The zero-order valence-electron chi connectivity index (χ0n) is 37.0. The maximum atomic E-state index is 14.7. The topological polar surface area (TPSA) is 166 Å². The van der Waals surface area contributed by atoms with Crippen LogP contribution in [0.25, 0.3) is 17.0 Å². The molecule has 0 spiro atoms. The molecular weight excluding hydrogens is 796 g/mol. The van der Waals surface area contributed by atoms with E-state index in [1.54, 1.807) is 47.7 Å². The number of esters is 1. The van der Waals surface area contributed by atoms with E-state index in [0.717, 1.165) is 16.5 Å². The first kappa shape index (κ1) is 49.1. The molecule has 3 saturated heterocycles. The summed E-state index contributed by atoms with van der Waals surface area (Å²) in [4.78, 5) is 63.0. The standard InChI is InChI=1S/C43H62N4O10.CH3FS/c1-12-33-43(8)37(47(41(52)57-43)45-20-15-16-29-19-21-44-31-18-14-13-17-30(29)31)26(4)34(48)24(2)23-42(7,53-11)38(27(5)35(49)28(6)39(51)55-33)56-40-36(50)32(46(9)10)22-25(3)54-40;1-3-2/h13-19,21,24-28,32-33,36-38,40,45,50H,12,20,22-23H2,1-11H3;1H3/b16-15+;/t24-,25?,26+,27+,28-,32?,33-,36?,37-,38-,40+,42-,43-;/m1./s1. The van der Waals surface area contributed by atoms with E-state index in [0.29, 0.717) is 6.42 Å². The SMILES string of the molecule is CC[C@H]1OC(=O)[C@H](C)C(=O)[C@H](C)[C@@H](O[C@@H]2OC(C)CC(N(C)C)C2O)[C@](C)(OC)C[C@@H](C)C(=O)[C@H](C)[C@H]2N(NC/C=C/c3ccnc4ccccc34)C(=O)O[C@]12C.CSF. The molecule has 14 nitrogen and oxygen atoms in total. The highest BCUT2D eigenvalue weighted by Crippen LogP contribution is 2.42. The number of aliphatic hydroxyl groups excluding tert-OH is 1. The molecule has 60 heavy (non-hydrogen) atoms. The van der Waals surface area contributed by atoms with Crippen LogP contribution in [-0.2, 0) is 38.1 Å². The first-order valence-corrected chi connectivity index (χ1v) is 21.8. The molecule has 3 aliphatic rings. The van der Waals surface area contributed by atoms with E-state index in [-0.39, 0.29) is 49.5 Å². The van der Waals surface area contributed by atoms with E-state index in [2.05, 4.69) is 10.4 Å². The Morgan fingerprint density at radius 2 is 1.73 bits per heavy atom. The Morgan fingerprint density at radius 1 is 1.07 bits per heavy atom. The Morgan fingerprint density at radius 3 is 2.37 bits per heavy atom. The van der Waals surface area contributed by atoms with Crippen molar-refractivity contribution < 1.29 is 51.9 Å². The van der Waals surface area contributed by atoms with Gasteiger partial charge in [0, 0.05) is 67.4 Å². The van der Waals surface area contributed by atoms with Crippen molar-refractivity contribution in [3.8, 4) is 0 Å². The highest BCUT2D eigenvalue weighted by atomic mass is 32.2. The molecule has 0 saturated carbocycles. The first-order valence-electron chi connectivity index (χ1n) is 20.7. The van der Waals surface area contributed by atoms with Crippen molar-refractivity contribution >= 4 is 52.8 Å². The van der Waals surface area contributed by atoms with Gasteiger partial charge in [0.2, 0.25) is 0 Å². The van der Waals surface area contributed by atoms with Crippen molar-refractivity contribution in [1.29, 1.82) is 0 Å². The molecule has 0 radical (unpaired) electrons. The fourth-order valence-electron chi connectivity index (χ4n) is 9.13. The van der Waals surface area contributed by atoms with Gasteiger partial charge in [-0.1, -0.05) is 58.0 Å². The number of fused-ring (bicyclic) bond motifs is 2. The molecule has 0 aliphatic carbocycles. The Kier molecular flexibility index (Phi) is 17.2. The summed E-state index contributed by atoms with van der Waals surface area (Å²) in [6.45, 7) is 14.0. The van der Waals surface area contributed by atoms with Crippen LogP contribution in [0.15, 0.2) is 42.6 Å². The smallest absolute Gasteiger partial charge is 0.425 e. The predicted molar refractivity (Wildman–Crippen MR) is 228 cm³/mol. The molecule has 0 bridgehead atoms. The number of likely N-dealkylation sites (N-methyl/N-ethyl adjacent to an activating group) is 1. The van der Waals surface area contributed by atoms with Crippen molar-refractivity contribution in [3.05, 3.63) is 48.2 Å². The van der Waals surface area contributed by atoms with Gasteiger partial charge in [0.1, 0.15) is 30.0 Å². The van der Waals surface area contributed by atoms with E-state index in [1.165, 1.54) is 25.3 Å². The number of halogens is 1. The highest BCUT2D eigenvalue weighted by Gasteiger charge is 2.61. The molecule has 3 fully saturated rings.